The molecular weight excluding hydrogens is 332 g/mol. The Morgan fingerprint density at radius 1 is 1.22 bits per heavy atom. The van der Waals surface area contributed by atoms with Crippen molar-refractivity contribution in [3.8, 4) is 5.75 Å². The van der Waals surface area contributed by atoms with Crippen LogP contribution in [-0.2, 0) is 10.5 Å². The molecule has 0 saturated carbocycles. The molecule has 0 aliphatic heterocycles. The second-order valence-electron chi connectivity index (χ2n) is 4.69. The number of ether oxygens (including phenoxy) is 1. The van der Waals surface area contributed by atoms with Gasteiger partial charge in [0, 0.05) is 10.8 Å². The van der Waals surface area contributed by atoms with Crippen LogP contribution in [-0.4, -0.2) is 25.0 Å². The van der Waals surface area contributed by atoms with Gasteiger partial charge in [-0.05, 0) is 47.5 Å². The Morgan fingerprint density at radius 2 is 1.91 bits per heavy atom. The second kappa shape index (κ2) is 9.22. The van der Waals surface area contributed by atoms with E-state index in [0.717, 1.165) is 22.6 Å². The molecule has 0 aliphatic rings. The number of rotatable bonds is 7. The van der Waals surface area contributed by atoms with Crippen molar-refractivity contribution in [2.24, 2.45) is 5.10 Å². The number of methoxy groups -OCH3 is 1. The molecular formula is C17H17ClN2O2S. The third-order valence-corrected chi connectivity index (χ3v) is 4.19. The minimum absolute atomic E-state index is 0.131. The number of nitrogens with zero attached hydrogens (tertiary/aromatic N) is 1. The van der Waals surface area contributed by atoms with Crippen LogP contribution in [0.2, 0.25) is 5.02 Å². The Kier molecular flexibility index (Phi) is 6.97. The summed E-state index contributed by atoms with van der Waals surface area (Å²) in [7, 11) is 1.62. The maximum absolute atomic E-state index is 11.7. The van der Waals surface area contributed by atoms with Gasteiger partial charge < -0.3 is 4.74 Å². The monoisotopic (exact) mass is 348 g/mol. The maximum Gasteiger partial charge on any atom is 0.250 e. The molecule has 0 fully saturated rings. The number of carbonyl (C=O) groups excluding carboxylic acids is 1. The van der Waals surface area contributed by atoms with Crippen LogP contribution >= 0.6 is 23.4 Å². The molecule has 2 rings (SSSR count). The summed E-state index contributed by atoms with van der Waals surface area (Å²) in [4.78, 5) is 11.7. The van der Waals surface area contributed by atoms with Crippen molar-refractivity contribution >= 4 is 35.5 Å². The van der Waals surface area contributed by atoms with Crippen molar-refractivity contribution in [3.63, 3.8) is 0 Å². The summed E-state index contributed by atoms with van der Waals surface area (Å²) in [5, 5.41) is 4.65. The molecule has 23 heavy (non-hydrogen) atoms. The fraction of sp³-hybridized carbons (Fsp3) is 0.176. The molecule has 1 N–H and O–H groups in total. The van der Waals surface area contributed by atoms with Crippen molar-refractivity contribution in [3.05, 3.63) is 64.7 Å². The highest BCUT2D eigenvalue weighted by atomic mass is 35.5. The lowest BCUT2D eigenvalue weighted by molar-refractivity contribution is -0.118. The number of carbonyl (C=O) groups is 1. The van der Waals surface area contributed by atoms with Crippen LogP contribution < -0.4 is 10.2 Å². The Balaban J connectivity index is 1.69. The van der Waals surface area contributed by atoms with Crippen molar-refractivity contribution < 1.29 is 9.53 Å². The number of benzene rings is 2. The second-order valence-corrected chi connectivity index (χ2v) is 6.11. The Bertz CT molecular complexity index is 657. The lowest BCUT2D eigenvalue weighted by Crippen LogP contribution is -2.19. The molecule has 0 aromatic heterocycles. The summed E-state index contributed by atoms with van der Waals surface area (Å²) in [6.07, 6.45) is 1.60. The summed E-state index contributed by atoms with van der Waals surface area (Å²) in [6.45, 7) is 0. The van der Waals surface area contributed by atoms with E-state index >= 15 is 0 Å². The zero-order valence-electron chi connectivity index (χ0n) is 12.7. The summed E-state index contributed by atoms with van der Waals surface area (Å²) in [6, 6.07) is 15.0. The van der Waals surface area contributed by atoms with Gasteiger partial charge in [0.25, 0.3) is 0 Å². The van der Waals surface area contributed by atoms with Gasteiger partial charge in [0.2, 0.25) is 5.91 Å². The number of hydrazone groups is 1. The lowest BCUT2D eigenvalue weighted by atomic mass is 10.2. The van der Waals surface area contributed by atoms with Crippen LogP contribution in [0, 0.1) is 0 Å². The normalized spacial score (nSPS) is 10.7. The zero-order valence-corrected chi connectivity index (χ0v) is 14.2. The lowest BCUT2D eigenvalue weighted by Gasteiger charge is -2.02. The first kappa shape index (κ1) is 17.4. The molecule has 0 bridgehead atoms. The van der Waals surface area contributed by atoms with Gasteiger partial charge in [-0.15, -0.1) is 11.8 Å². The average Bonchev–Trinajstić information content (AvgIpc) is 2.57. The molecule has 6 heteroatoms. The largest absolute Gasteiger partial charge is 0.497 e. The van der Waals surface area contributed by atoms with E-state index in [0.29, 0.717) is 10.8 Å². The smallest absolute Gasteiger partial charge is 0.250 e. The predicted octanol–water partition coefficient (Wildman–Crippen LogP) is 3.73. The Labute approximate surface area is 144 Å². The van der Waals surface area contributed by atoms with E-state index in [4.69, 9.17) is 16.3 Å². The summed E-state index contributed by atoms with van der Waals surface area (Å²) in [5.41, 5.74) is 4.53. The van der Waals surface area contributed by atoms with E-state index in [1.807, 2.05) is 48.5 Å². The van der Waals surface area contributed by atoms with Gasteiger partial charge >= 0.3 is 0 Å². The third kappa shape index (κ3) is 6.34. The molecule has 0 radical (unpaired) electrons. The summed E-state index contributed by atoms with van der Waals surface area (Å²) >= 11 is 7.35. The van der Waals surface area contributed by atoms with Gasteiger partial charge in [-0.3, -0.25) is 4.79 Å². The highest BCUT2D eigenvalue weighted by Gasteiger charge is 2.01. The molecule has 0 saturated heterocycles. The SMILES string of the molecule is COc1ccc(/C=N\NC(=O)CSCc2ccc(Cl)cc2)cc1. The number of amides is 1. The quantitative estimate of drug-likeness (QED) is 0.612. The van der Waals surface area contributed by atoms with Gasteiger partial charge in [-0.25, -0.2) is 5.43 Å². The van der Waals surface area contributed by atoms with Crippen LogP contribution in [0.25, 0.3) is 0 Å². The molecule has 4 nitrogen and oxygen atoms in total. The molecule has 120 valence electrons. The molecule has 0 heterocycles. The van der Waals surface area contributed by atoms with Crippen LogP contribution in [0.1, 0.15) is 11.1 Å². The van der Waals surface area contributed by atoms with E-state index in [-0.39, 0.29) is 5.91 Å². The average molecular weight is 349 g/mol. The minimum Gasteiger partial charge on any atom is -0.497 e. The number of nitrogens with one attached hydrogen (secondary N) is 1. The predicted molar refractivity (Wildman–Crippen MR) is 96.3 cm³/mol. The first-order chi connectivity index (χ1) is 11.2. The highest BCUT2D eigenvalue weighted by molar-refractivity contribution is 7.99. The molecule has 2 aromatic carbocycles. The van der Waals surface area contributed by atoms with E-state index < -0.39 is 0 Å². The van der Waals surface area contributed by atoms with E-state index in [9.17, 15) is 4.79 Å². The van der Waals surface area contributed by atoms with Crippen LogP contribution in [0.3, 0.4) is 0 Å². The molecule has 1 amide bonds. The van der Waals surface area contributed by atoms with Gasteiger partial charge in [0.1, 0.15) is 5.75 Å². The fourth-order valence-corrected chi connectivity index (χ4v) is 2.65. The van der Waals surface area contributed by atoms with E-state index in [1.54, 1.807) is 13.3 Å². The first-order valence-electron chi connectivity index (χ1n) is 6.95. The van der Waals surface area contributed by atoms with Gasteiger partial charge in [0.15, 0.2) is 0 Å². The van der Waals surface area contributed by atoms with Crippen LogP contribution in [0.15, 0.2) is 53.6 Å². The van der Waals surface area contributed by atoms with Crippen molar-refractivity contribution in [2.75, 3.05) is 12.9 Å². The number of halogens is 1. The van der Waals surface area contributed by atoms with E-state index in [2.05, 4.69) is 10.5 Å². The standard InChI is InChI=1S/C17H17ClN2O2S/c1-22-16-8-4-13(5-9-16)10-19-20-17(21)12-23-11-14-2-6-15(18)7-3-14/h2-10H,11-12H2,1H3,(H,20,21)/b19-10-. The molecule has 2 aromatic rings. The van der Waals surface area contributed by atoms with Gasteiger partial charge in [-0.1, -0.05) is 23.7 Å². The van der Waals surface area contributed by atoms with Crippen molar-refractivity contribution in [1.82, 2.24) is 5.43 Å². The topological polar surface area (TPSA) is 50.7 Å². The Hall–Kier alpha value is -1.98. The highest BCUT2D eigenvalue weighted by Crippen LogP contribution is 2.15. The van der Waals surface area contributed by atoms with Crippen molar-refractivity contribution in [2.45, 2.75) is 5.75 Å². The molecule has 0 aliphatic carbocycles. The number of thioether (sulfide) groups is 1. The first-order valence-corrected chi connectivity index (χ1v) is 8.49. The number of hydrogen-bond donors (Lipinski definition) is 1. The van der Waals surface area contributed by atoms with E-state index in [1.165, 1.54) is 11.8 Å². The molecule has 0 unspecified atom stereocenters. The summed E-state index contributed by atoms with van der Waals surface area (Å²) < 4.78 is 5.07. The molecule has 0 atom stereocenters. The number of hydrogen-bond acceptors (Lipinski definition) is 4. The fourth-order valence-electron chi connectivity index (χ4n) is 1.74. The summed E-state index contributed by atoms with van der Waals surface area (Å²) in [5.74, 6) is 1.76. The van der Waals surface area contributed by atoms with Crippen LogP contribution in [0.5, 0.6) is 5.75 Å². The zero-order chi connectivity index (χ0) is 16.5. The van der Waals surface area contributed by atoms with Crippen LogP contribution in [0.4, 0.5) is 0 Å². The molecule has 0 spiro atoms. The minimum atomic E-state index is -0.131. The van der Waals surface area contributed by atoms with Gasteiger partial charge in [0.05, 0.1) is 19.1 Å². The van der Waals surface area contributed by atoms with Gasteiger partial charge in [-0.2, -0.15) is 5.10 Å². The van der Waals surface area contributed by atoms with Crippen molar-refractivity contribution in [1.29, 1.82) is 0 Å². The Morgan fingerprint density at radius 3 is 2.57 bits per heavy atom. The third-order valence-electron chi connectivity index (χ3n) is 2.93. The maximum atomic E-state index is 11.7.